The van der Waals surface area contributed by atoms with E-state index in [0.29, 0.717) is 16.5 Å². The molecule has 0 spiro atoms. The van der Waals surface area contributed by atoms with Gasteiger partial charge in [-0.15, -0.1) is 0 Å². The number of nitrogen functional groups attached to an aromatic ring is 1. The van der Waals surface area contributed by atoms with Crippen LogP contribution < -0.4 is 11.1 Å². The Hall–Kier alpha value is -3.44. The van der Waals surface area contributed by atoms with Gasteiger partial charge in [-0.1, -0.05) is 48.0 Å². The van der Waals surface area contributed by atoms with Crippen molar-refractivity contribution in [2.24, 2.45) is 4.99 Å². The third kappa shape index (κ3) is 2.86. The molecule has 1 unspecified atom stereocenters. The van der Waals surface area contributed by atoms with Crippen LogP contribution in [0.4, 0.5) is 17.2 Å². The highest BCUT2D eigenvalue weighted by Gasteiger charge is 2.28. The van der Waals surface area contributed by atoms with E-state index >= 15 is 0 Å². The molecule has 0 saturated heterocycles. The van der Waals surface area contributed by atoms with Crippen molar-refractivity contribution >= 4 is 45.5 Å². The molecule has 136 valence electrons. The van der Waals surface area contributed by atoms with E-state index in [-0.39, 0.29) is 6.04 Å². The first kappa shape index (κ1) is 16.7. The lowest BCUT2D eigenvalue weighted by Gasteiger charge is -2.27. The standard InChI is InChI=1S/C22H16ClN5/c23-14-11-9-13(10-12-14)19-20(26-16-6-2-1-5-15(16)25-19)21-22(24)28-18-8-4-3-7-17(18)27-21/h1-12,19,25H,(H2,24,28). The number of benzene rings is 3. The number of para-hydroxylation sites is 4. The van der Waals surface area contributed by atoms with Crippen LogP contribution in [0.15, 0.2) is 77.8 Å². The molecule has 0 fully saturated rings. The number of rotatable bonds is 2. The fourth-order valence-corrected chi connectivity index (χ4v) is 3.53. The molecule has 0 amide bonds. The quantitative estimate of drug-likeness (QED) is 0.500. The van der Waals surface area contributed by atoms with Gasteiger partial charge in [0.25, 0.3) is 0 Å². The van der Waals surface area contributed by atoms with E-state index in [1.54, 1.807) is 0 Å². The van der Waals surface area contributed by atoms with Crippen molar-refractivity contribution < 1.29 is 0 Å². The largest absolute Gasteiger partial charge is 0.382 e. The molecular weight excluding hydrogens is 370 g/mol. The molecule has 4 aromatic rings. The molecule has 5 nitrogen and oxygen atoms in total. The average molecular weight is 386 g/mol. The monoisotopic (exact) mass is 385 g/mol. The summed E-state index contributed by atoms with van der Waals surface area (Å²) in [6.45, 7) is 0. The predicted octanol–water partition coefficient (Wildman–Crippen LogP) is 5.15. The summed E-state index contributed by atoms with van der Waals surface area (Å²) in [5.74, 6) is 0.359. The second-order valence-electron chi connectivity index (χ2n) is 6.59. The highest BCUT2D eigenvalue weighted by atomic mass is 35.5. The number of nitrogens with one attached hydrogen (secondary N) is 1. The van der Waals surface area contributed by atoms with Crippen LogP contribution in [0.5, 0.6) is 0 Å². The van der Waals surface area contributed by atoms with E-state index in [0.717, 1.165) is 33.7 Å². The van der Waals surface area contributed by atoms with Crippen LogP contribution in [-0.4, -0.2) is 15.7 Å². The van der Waals surface area contributed by atoms with Crippen molar-refractivity contribution in [3.63, 3.8) is 0 Å². The molecule has 3 aromatic carbocycles. The molecule has 1 atom stereocenters. The van der Waals surface area contributed by atoms with Crippen LogP contribution in [0.1, 0.15) is 17.3 Å². The number of hydrogen-bond acceptors (Lipinski definition) is 5. The lowest BCUT2D eigenvalue weighted by atomic mass is 9.96. The van der Waals surface area contributed by atoms with Crippen molar-refractivity contribution in [2.75, 3.05) is 11.1 Å². The molecule has 0 saturated carbocycles. The summed E-state index contributed by atoms with van der Waals surface area (Å²) in [5.41, 5.74) is 12.0. The van der Waals surface area contributed by atoms with E-state index in [2.05, 4.69) is 10.3 Å². The van der Waals surface area contributed by atoms with Crippen molar-refractivity contribution in [1.29, 1.82) is 0 Å². The zero-order chi connectivity index (χ0) is 19.1. The molecule has 1 aliphatic rings. The Morgan fingerprint density at radius 1 is 0.821 bits per heavy atom. The van der Waals surface area contributed by atoms with Gasteiger partial charge in [-0.25, -0.2) is 15.0 Å². The molecule has 0 radical (unpaired) electrons. The molecule has 0 bridgehead atoms. The topological polar surface area (TPSA) is 76.2 Å². The molecule has 1 aromatic heterocycles. The lowest BCUT2D eigenvalue weighted by molar-refractivity contribution is 1.00. The minimum Gasteiger partial charge on any atom is -0.382 e. The van der Waals surface area contributed by atoms with Gasteiger partial charge >= 0.3 is 0 Å². The van der Waals surface area contributed by atoms with E-state index in [4.69, 9.17) is 27.3 Å². The van der Waals surface area contributed by atoms with Gasteiger partial charge in [0.05, 0.1) is 34.2 Å². The van der Waals surface area contributed by atoms with Crippen LogP contribution in [-0.2, 0) is 0 Å². The van der Waals surface area contributed by atoms with Gasteiger partial charge in [0.1, 0.15) is 5.69 Å². The summed E-state index contributed by atoms with van der Waals surface area (Å²) in [6.07, 6.45) is 0. The van der Waals surface area contributed by atoms with Crippen LogP contribution in [0, 0.1) is 0 Å². The fraction of sp³-hybridized carbons (Fsp3) is 0.0455. The Kier molecular flexibility index (Phi) is 3.95. The fourth-order valence-electron chi connectivity index (χ4n) is 3.40. The van der Waals surface area contributed by atoms with Gasteiger partial charge in [-0.05, 0) is 42.0 Å². The molecule has 0 aliphatic carbocycles. The predicted molar refractivity (Wildman–Crippen MR) is 114 cm³/mol. The summed E-state index contributed by atoms with van der Waals surface area (Å²) < 4.78 is 0. The Morgan fingerprint density at radius 2 is 1.50 bits per heavy atom. The van der Waals surface area contributed by atoms with Crippen molar-refractivity contribution in [2.45, 2.75) is 6.04 Å². The Balaban J connectivity index is 1.72. The number of hydrogen-bond donors (Lipinski definition) is 2. The van der Waals surface area contributed by atoms with E-state index < -0.39 is 0 Å². The first-order valence-corrected chi connectivity index (χ1v) is 9.29. The number of nitrogens with two attached hydrogens (primary N) is 1. The Labute approximate surface area is 166 Å². The van der Waals surface area contributed by atoms with Crippen molar-refractivity contribution in [3.05, 3.63) is 89.1 Å². The average Bonchev–Trinajstić information content (AvgIpc) is 2.73. The third-order valence-corrected chi connectivity index (χ3v) is 5.01. The highest BCUT2D eigenvalue weighted by Crippen LogP contribution is 2.37. The second-order valence-corrected chi connectivity index (χ2v) is 7.03. The first-order chi connectivity index (χ1) is 13.7. The molecule has 6 heteroatoms. The molecule has 3 N–H and O–H groups in total. The molecular formula is C22H16ClN5. The van der Waals surface area contributed by atoms with E-state index in [1.807, 2.05) is 72.8 Å². The maximum absolute atomic E-state index is 6.30. The van der Waals surface area contributed by atoms with Crippen LogP contribution in [0.3, 0.4) is 0 Å². The number of anilines is 2. The number of aromatic nitrogens is 2. The first-order valence-electron chi connectivity index (χ1n) is 8.91. The minimum absolute atomic E-state index is 0.218. The van der Waals surface area contributed by atoms with Crippen molar-refractivity contribution in [3.8, 4) is 0 Å². The second kappa shape index (κ2) is 6.62. The zero-order valence-electron chi connectivity index (χ0n) is 14.8. The van der Waals surface area contributed by atoms with Gasteiger partial charge in [-0.2, -0.15) is 0 Å². The number of aliphatic imine (C=N–C) groups is 1. The Bertz CT molecular complexity index is 1220. The maximum Gasteiger partial charge on any atom is 0.152 e. The van der Waals surface area contributed by atoms with E-state index in [1.165, 1.54) is 0 Å². The maximum atomic E-state index is 6.30. The SMILES string of the molecule is Nc1nc2ccccc2nc1C1=Nc2ccccc2NC1c1ccc(Cl)cc1. The molecule has 5 rings (SSSR count). The highest BCUT2D eigenvalue weighted by molar-refractivity contribution is 6.30. The van der Waals surface area contributed by atoms with Gasteiger partial charge in [0.15, 0.2) is 5.82 Å². The molecule has 1 aliphatic heterocycles. The summed E-state index contributed by atoms with van der Waals surface area (Å²) >= 11 is 6.08. The normalized spacial score (nSPS) is 15.6. The van der Waals surface area contributed by atoms with E-state index in [9.17, 15) is 0 Å². The van der Waals surface area contributed by atoms with Crippen LogP contribution in [0.2, 0.25) is 5.02 Å². The molecule has 28 heavy (non-hydrogen) atoms. The third-order valence-electron chi connectivity index (χ3n) is 4.76. The summed E-state index contributed by atoms with van der Waals surface area (Å²) in [7, 11) is 0. The van der Waals surface area contributed by atoms with Crippen LogP contribution in [0.25, 0.3) is 11.0 Å². The van der Waals surface area contributed by atoms with Gasteiger partial charge in [0, 0.05) is 5.02 Å². The van der Waals surface area contributed by atoms with Crippen molar-refractivity contribution in [1.82, 2.24) is 9.97 Å². The summed E-state index contributed by atoms with van der Waals surface area (Å²) in [5, 5.41) is 4.24. The zero-order valence-corrected chi connectivity index (χ0v) is 15.6. The van der Waals surface area contributed by atoms with Gasteiger partial charge < -0.3 is 11.1 Å². The Morgan fingerprint density at radius 3 is 2.29 bits per heavy atom. The summed E-state index contributed by atoms with van der Waals surface area (Å²) in [4.78, 5) is 14.2. The molecule has 2 heterocycles. The number of nitrogens with zero attached hydrogens (tertiary/aromatic N) is 3. The van der Waals surface area contributed by atoms with Gasteiger partial charge in [0.2, 0.25) is 0 Å². The lowest BCUT2D eigenvalue weighted by Crippen LogP contribution is -2.27. The van der Waals surface area contributed by atoms with Gasteiger partial charge in [-0.3, -0.25) is 0 Å². The van der Waals surface area contributed by atoms with Crippen LogP contribution >= 0.6 is 11.6 Å². The number of halogens is 1. The smallest absolute Gasteiger partial charge is 0.152 e. The summed E-state index contributed by atoms with van der Waals surface area (Å²) in [6, 6.07) is 23.1. The number of fused-ring (bicyclic) bond motifs is 2. The minimum atomic E-state index is -0.218.